The zero-order valence-electron chi connectivity index (χ0n) is 8.94. The summed E-state index contributed by atoms with van der Waals surface area (Å²) in [4.78, 5) is 8.64. The van der Waals surface area contributed by atoms with E-state index >= 15 is 0 Å². The Balaban J connectivity index is 2.03. The fourth-order valence-electron chi connectivity index (χ4n) is 1.33. The van der Waals surface area contributed by atoms with Crippen LogP contribution in [0.5, 0.6) is 0 Å². The number of aromatic nitrogens is 2. The van der Waals surface area contributed by atoms with Crippen LogP contribution in [0.15, 0.2) is 41.0 Å². The van der Waals surface area contributed by atoms with Crippen molar-refractivity contribution in [3.05, 3.63) is 52.4 Å². The van der Waals surface area contributed by atoms with Gasteiger partial charge in [0.1, 0.15) is 5.82 Å². The van der Waals surface area contributed by atoms with Gasteiger partial charge in [0.2, 0.25) is 0 Å². The molecule has 2 heterocycles. The fraction of sp³-hybridized carbons (Fsp3) is 0.167. The van der Waals surface area contributed by atoms with E-state index in [1.807, 2.05) is 37.3 Å². The number of hydrogen-bond acceptors (Lipinski definition) is 3. The molecule has 0 atom stereocenters. The number of anilines is 1. The summed E-state index contributed by atoms with van der Waals surface area (Å²) in [6.45, 7) is 2.66. The maximum absolute atomic E-state index is 4.40. The van der Waals surface area contributed by atoms with Gasteiger partial charge in [0.15, 0.2) is 0 Å². The summed E-state index contributed by atoms with van der Waals surface area (Å²) in [6.07, 6.45) is 1.79. The first-order valence-electron chi connectivity index (χ1n) is 5.02. The van der Waals surface area contributed by atoms with Crippen molar-refractivity contribution in [1.29, 1.82) is 0 Å². The second kappa shape index (κ2) is 5.07. The third kappa shape index (κ3) is 2.79. The smallest absolute Gasteiger partial charge is 0.126 e. The summed E-state index contributed by atoms with van der Waals surface area (Å²) < 4.78 is 1.02. The van der Waals surface area contributed by atoms with E-state index in [1.54, 1.807) is 6.20 Å². The minimum atomic E-state index is 0.689. The molecule has 1 N–H and O–H groups in total. The van der Waals surface area contributed by atoms with E-state index < -0.39 is 0 Å². The number of halogens is 1. The lowest BCUT2D eigenvalue weighted by Gasteiger charge is -2.06. The van der Waals surface area contributed by atoms with Crippen molar-refractivity contribution in [2.24, 2.45) is 0 Å². The van der Waals surface area contributed by atoms with Gasteiger partial charge in [0.25, 0.3) is 0 Å². The number of nitrogens with one attached hydrogen (secondary N) is 1. The molecule has 0 aliphatic carbocycles. The van der Waals surface area contributed by atoms with Crippen LogP contribution in [0.25, 0.3) is 0 Å². The molecule has 82 valence electrons. The van der Waals surface area contributed by atoms with Gasteiger partial charge in [-0.25, -0.2) is 4.98 Å². The lowest BCUT2D eigenvalue weighted by atomic mass is 10.3. The zero-order chi connectivity index (χ0) is 11.4. The lowest BCUT2D eigenvalue weighted by molar-refractivity contribution is 1.02. The first-order chi connectivity index (χ1) is 7.75. The van der Waals surface area contributed by atoms with E-state index in [0.29, 0.717) is 6.54 Å². The predicted octanol–water partition coefficient (Wildman–Crippen LogP) is 3.16. The molecule has 0 unspecified atom stereocenters. The fourth-order valence-corrected chi connectivity index (χ4v) is 1.55. The Morgan fingerprint density at radius 2 is 2.12 bits per heavy atom. The van der Waals surface area contributed by atoms with E-state index in [0.717, 1.165) is 21.7 Å². The molecule has 0 amide bonds. The molecule has 0 bridgehead atoms. The third-order valence-corrected chi connectivity index (χ3v) is 3.04. The summed E-state index contributed by atoms with van der Waals surface area (Å²) >= 11 is 3.42. The molecule has 2 rings (SSSR count). The molecular formula is C12H12BrN3. The van der Waals surface area contributed by atoms with Gasteiger partial charge in [-0.15, -0.1) is 0 Å². The van der Waals surface area contributed by atoms with E-state index in [-0.39, 0.29) is 0 Å². The highest BCUT2D eigenvalue weighted by molar-refractivity contribution is 9.10. The van der Waals surface area contributed by atoms with Crippen LogP contribution in [0, 0.1) is 6.92 Å². The van der Waals surface area contributed by atoms with Crippen molar-refractivity contribution >= 4 is 21.7 Å². The highest BCUT2D eigenvalue weighted by Crippen LogP contribution is 2.16. The van der Waals surface area contributed by atoms with E-state index in [9.17, 15) is 0 Å². The van der Waals surface area contributed by atoms with Crippen molar-refractivity contribution in [3.8, 4) is 0 Å². The van der Waals surface area contributed by atoms with Gasteiger partial charge in [-0.1, -0.05) is 6.07 Å². The van der Waals surface area contributed by atoms with Gasteiger partial charge in [-0.3, -0.25) is 4.98 Å². The van der Waals surface area contributed by atoms with Crippen LogP contribution in [-0.4, -0.2) is 9.97 Å². The highest BCUT2D eigenvalue weighted by atomic mass is 79.9. The monoisotopic (exact) mass is 277 g/mol. The van der Waals surface area contributed by atoms with Crippen LogP contribution in [0.1, 0.15) is 11.4 Å². The van der Waals surface area contributed by atoms with E-state index in [1.165, 1.54) is 0 Å². The van der Waals surface area contributed by atoms with Crippen LogP contribution in [0.3, 0.4) is 0 Å². The topological polar surface area (TPSA) is 37.8 Å². The Morgan fingerprint density at radius 1 is 1.25 bits per heavy atom. The second-order valence-corrected chi connectivity index (χ2v) is 4.29. The molecule has 16 heavy (non-hydrogen) atoms. The van der Waals surface area contributed by atoms with Crippen LogP contribution >= 0.6 is 15.9 Å². The summed E-state index contributed by atoms with van der Waals surface area (Å²) in [6, 6.07) is 9.80. The average Bonchev–Trinajstić information content (AvgIpc) is 2.32. The third-order valence-electron chi connectivity index (χ3n) is 2.20. The summed E-state index contributed by atoms with van der Waals surface area (Å²) in [5.41, 5.74) is 1.98. The molecule has 3 nitrogen and oxygen atoms in total. The summed E-state index contributed by atoms with van der Waals surface area (Å²) in [5, 5.41) is 3.23. The van der Waals surface area contributed by atoms with Crippen molar-refractivity contribution in [2.45, 2.75) is 13.5 Å². The largest absolute Gasteiger partial charge is 0.364 e. The minimum absolute atomic E-state index is 0.689. The summed E-state index contributed by atoms with van der Waals surface area (Å²) in [5.74, 6) is 0.867. The lowest BCUT2D eigenvalue weighted by Crippen LogP contribution is -2.03. The van der Waals surface area contributed by atoms with Gasteiger partial charge >= 0.3 is 0 Å². The number of pyridine rings is 2. The molecule has 0 aliphatic rings. The van der Waals surface area contributed by atoms with Gasteiger partial charge in [0.05, 0.1) is 17.9 Å². The molecule has 0 spiro atoms. The Kier molecular flexibility index (Phi) is 3.51. The standard InChI is InChI=1S/C12H12BrN3/c1-9-11(13)5-6-12(16-9)15-8-10-4-2-3-7-14-10/h2-7H,8H2,1H3,(H,15,16). The van der Waals surface area contributed by atoms with E-state index in [2.05, 4.69) is 31.2 Å². The van der Waals surface area contributed by atoms with Crippen LogP contribution in [0.4, 0.5) is 5.82 Å². The Labute approximate surface area is 103 Å². The zero-order valence-corrected chi connectivity index (χ0v) is 10.5. The minimum Gasteiger partial charge on any atom is -0.364 e. The first-order valence-corrected chi connectivity index (χ1v) is 5.82. The van der Waals surface area contributed by atoms with E-state index in [4.69, 9.17) is 0 Å². The quantitative estimate of drug-likeness (QED) is 0.937. The molecule has 0 saturated carbocycles. The number of nitrogens with zero attached hydrogens (tertiary/aromatic N) is 2. The van der Waals surface area contributed by atoms with Gasteiger partial charge < -0.3 is 5.32 Å². The van der Waals surface area contributed by atoms with Crippen LogP contribution < -0.4 is 5.32 Å². The highest BCUT2D eigenvalue weighted by Gasteiger charge is 1.99. The van der Waals surface area contributed by atoms with Crippen molar-refractivity contribution in [2.75, 3.05) is 5.32 Å². The molecule has 0 aromatic carbocycles. The molecule has 0 fully saturated rings. The first kappa shape index (κ1) is 11.1. The molecule has 0 saturated heterocycles. The van der Waals surface area contributed by atoms with Crippen LogP contribution in [0.2, 0.25) is 0 Å². The predicted molar refractivity (Wildman–Crippen MR) is 68.2 cm³/mol. The summed E-state index contributed by atoms with van der Waals surface area (Å²) in [7, 11) is 0. The molecule has 0 aliphatic heterocycles. The van der Waals surface area contributed by atoms with Crippen molar-refractivity contribution in [1.82, 2.24) is 9.97 Å². The Hall–Kier alpha value is -1.42. The second-order valence-electron chi connectivity index (χ2n) is 3.44. The molecular weight excluding hydrogens is 266 g/mol. The van der Waals surface area contributed by atoms with Crippen molar-refractivity contribution < 1.29 is 0 Å². The Bertz CT molecular complexity index is 471. The molecule has 2 aromatic heterocycles. The number of rotatable bonds is 3. The normalized spacial score (nSPS) is 10.1. The molecule has 0 radical (unpaired) electrons. The Morgan fingerprint density at radius 3 is 2.81 bits per heavy atom. The maximum Gasteiger partial charge on any atom is 0.126 e. The number of aryl methyl sites for hydroxylation is 1. The van der Waals surface area contributed by atoms with Gasteiger partial charge in [0, 0.05) is 10.7 Å². The van der Waals surface area contributed by atoms with Crippen molar-refractivity contribution in [3.63, 3.8) is 0 Å². The van der Waals surface area contributed by atoms with Gasteiger partial charge in [-0.05, 0) is 47.1 Å². The molecule has 4 heteroatoms. The van der Waals surface area contributed by atoms with Crippen LogP contribution in [-0.2, 0) is 6.54 Å². The maximum atomic E-state index is 4.40. The molecule has 2 aromatic rings. The number of hydrogen-bond donors (Lipinski definition) is 1. The SMILES string of the molecule is Cc1nc(NCc2ccccn2)ccc1Br. The van der Waals surface area contributed by atoms with Gasteiger partial charge in [-0.2, -0.15) is 0 Å². The average molecular weight is 278 g/mol.